The van der Waals surface area contributed by atoms with Gasteiger partial charge in [0.25, 0.3) is 5.91 Å². The number of ether oxygens (including phenoxy) is 2. The van der Waals surface area contributed by atoms with Crippen LogP contribution in [-0.2, 0) is 6.54 Å². The molecule has 0 saturated carbocycles. The highest BCUT2D eigenvalue weighted by Crippen LogP contribution is 2.27. The lowest BCUT2D eigenvalue weighted by Gasteiger charge is -2.33. The quantitative estimate of drug-likeness (QED) is 0.364. The van der Waals surface area contributed by atoms with Gasteiger partial charge in [-0.05, 0) is 60.4 Å². The molecule has 1 atom stereocenters. The van der Waals surface area contributed by atoms with Crippen LogP contribution in [0.2, 0.25) is 0 Å². The molecule has 180 valence electrons. The molecule has 34 heavy (non-hydrogen) atoms. The van der Waals surface area contributed by atoms with E-state index in [0.29, 0.717) is 35.3 Å². The molecule has 13 nitrogen and oxygen atoms in total. The number of likely N-dealkylation sites (tertiary alicyclic amines) is 1. The molecular weight excluding hydrogens is 442 g/mol. The number of nitrogen functional groups attached to an aromatic ring is 1. The van der Waals surface area contributed by atoms with E-state index in [9.17, 15) is 4.79 Å². The summed E-state index contributed by atoms with van der Waals surface area (Å²) in [5.74, 6) is 0.866. The van der Waals surface area contributed by atoms with Crippen LogP contribution in [0.4, 0.5) is 5.82 Å². The minimum absolute atomic E-state index is 0.0521. The Hall–Kier alpha value is -4.00. The maximum atomic E-state index is 13.0. The van der Waals surface area contributed by atoms with E-state index in [1.54, 1.807) is 32.4 Å². The lowest BCUT2D eigenvalue weighted by molar-refractivity contribution is 0.0945. The van der Waals surface area contributed by atoms with E-state index in [4.69, 9.17) is 19.8 Å². The van der Waals surface area contributed by atoms with Crippen molar-refractivity contribution in [3.63, 3.8) is 0 Å². The van der Waals surface area contributed by atoms with Crippen LogP contribution in [0.15, 0.2) is 27.9 Å². The van der Waals surface area contributed by atoms with Crippen LogP contribution in [0, 0.1) is 0 Å². The number of rotatable bonds is 8. The SMILES string of the molecule is COc1ccc(C=NNC(=O)c2nnn(-c3nonc3N)c2CN2CCCCC2C)cc1OC. The predicted octanol–water partition coefficient (Wildman–Crippen LogP) is 1.39. The number of benzene rings is 1. The van der Waals surface area contributed by atoms with Crippen molar-refractivity contribution in [1.29, 1.82) is 0 Å². The average Bonchev–Trinajstić information content (AvgIpc) is 3.45. The Labute approximate surface area is 195 Å². The standard InChI is InChI=1S/C21H27N9O4/c1-13-6-4-5-9-29(13)12-15-18(24-28-30(15)20-19(22)26-34-27-20)21(31)25-23-11-14-7-8-16(32-2)17(10-14)33-3/h7-8,10-11,13H,4-6,9,12H2,1-3H3,(H2,22,26)(H,25,31). The monoisotopic (exact) mass is 469 g/mol. The summed E-state index contributed by atoms with van der Waals surface area (Å²) in [6.45, 7) is 3.49. The fourth-order valence-corrected chi connectivity index (χ4v) is 3.86. The van der Waals surface area contributed by atoms with Gasteiger partial charge in [0, 0.05) is 12.6 Å². The molecule has 3 heterocycles. The Kier molecular flexibility index (Phi) is 7.01. The summed E-state index contributed by atoms with van der Waals surface area (Å²) < 4.78 is 16.6. The minimum Gasteiger partial charge on any atom is -0.493 e. The first-order chi connectivity index (χ1) is 16.5. The van der Waals surface area contributed by atoms with Crippen LogP contribution in [0.3, 0.4) is 0 Å². The van der Waals surface area contributed by atoms with Crippen molar-refractivity contribution in [1.82, 2.24) is 35.6 Å². The maximum absolute atomic E-state index is 13.0. The number of nitrogens with one attached hydrogen (secondary N) is 1. The number of nitrogens with zero attached hydrogens (tertiary/aromatic N) is 7. The van der Waals surface area contributed by atoms with Gasteiger partial charge in [0.15, 0.2) is 17.2 Å². The zero-order chi connectivity index (χ0) is 24.1. The second-order valence-corrected chi connectivity index (χ2v) is 7.90. The Morgan fingerprint density at radius 2 is 2.12 bits per heavy atom. The number of carbonyl (C=O) groups is 1. The lowest BCUT2D eigenvalue weighted by Crippen LogP contribution is -2.38. The van der Waals surface area contributed by atoms with E-state index in [2.05, 4.69) is 43.0 Å². The number of nitrogens with two attached hydrogens (primary N) is 1. The van der Waals surface area contributed by atoms with Gasteiger partial charge in [-0.15, -0.1) is 5.10 Å². The number of methoxy groups -OCH3 is 2. The second-order valence-electron chi connectivity index (χ2n) is 7.90. The molecule has 0 aliphatic carbocycles. The summed E-state index contributed by atoms with van der Waals surface area (Å²) in [6, 6.07) is 5.64. The van der Waals surface area contributed by atoms with Crippen molar-refractivity contribution >= 4 is 17.9 Å². The van der Waals surface area contributed by atoms with Crippen LogP contribution in [0.5, 0.6) is 11.5 Å². The van der Waals surface area contributed by atoms with E-state index in [-0.39, 0.29) is 17.3 Å². The summed E-state index contributed by atoms with van der Waals surface area (Å²) >= 11 is 0. The van der Waals surface area contributed by atoms with Gasteiger partial charge in [-0.2, -0.15) is 9.78 Å². The first-order valence-corrected chi connectivity index (χ1v) is 10.8. The molecule has 1 aliphatic rings. The number of anilines is 1. The molecule has 4 rings (SSSR count). The first kappa shape index (κ1) is 23.2. The number of hydrogen-bond acceptors (Lipinski definition) is 11. The molecule has 1 fully saturated rings. The zero-order valence-corrected chi connectivity index (χ0v) is 19.3. The maximum Gasteiger partial charge on any atom is 0.293 e. The molecule has 13 heteroatoms. The fourth-order valence-electron chi connectivity index (χ4n) is 3.86. The Morgan fingerprint density at radius 3 is 2.82 bits per heavy atom. The zero-order valence-electron chi connectivity index (χ0n) is 19.3. The van der Waals surface area contributed by atoms with E-state index >= 15 is 0 Å². The van der Waals surface area contributed by atoms with Crippen molar-refractivity contribution in [3.8, 4) is 17.3 Å². The molecule has 3 aromatic rings. The number of hydrazone groups is 1. The highest BCUT2D eigenvalue weighted by atomic mass is 16.6. The van der Waals surface area contributed by atoms with Gasteiger partial charge in [0.2, 0.25) is 11.6 Å². The highest BCUT2D eigenvalue weighted by molar-refractivity contribution is 5.94. The Balaban J connectivity index is 1.56. The summed E-state index contributed by atoms with van der Waals surface area (Å²) in [6.07, 6.45) is 4.83. The van der Waals surface area contributed by atoms with Crippen LogP contribution < -0.4 is 20.6 Å². The molecule has 0 bridgehead atoms. The molecule has 2 aromatic heterocycles. The van der Waals surface area contributed by atoms with Gasteiger partial charge in [-0.3, -0.25) is 9.69 Å². The lowest BCUT2D eigenvalue weighted by atomic mass is 10.0. The van der Waals surface area contributed by atoms with Crippen molar-refractivity contribution in [2.75, 3.05) is 26.5 Å². The number of hydrogen-bond donors (Lipinski definition) is 2. The largest absolute Gasteiger partial charge is 0.493 e. The van der Waals surface area contributed by atoms with Gasteiger partial charge in [-0.1, -0.05) is 11.6 Å². The molecule has 3 N–H and O–H groups in total. The molecule has 1 aliphatic heterocycles. The van der Waals surface area contributed by atoms with Gasteiger partial charge in [-0.25, -0.2) is 10.1 Å². The molecule has 0 radical (unpaired) electrons. The third-order valence-corrected chi connectivity index (χ3v) is 5.76. The van der Waals surface area contributed by atoms with Gasteiger partial charge >= 0.3 is 0 Å². The van der Waals surface area contributed by atoms with Crippen molar-refractivity contribution in [3.05, 3.63) is 35.2 Å². The van der Waals surface area contributed by atoms with E-state index in [0.717, 1.165) is 19.4 Å². The van der Waals surface area contributed by atoms with Crippen LogP contribution in [-0.4, -0.2) is 69.1 Å². The first-order valence-electron chi connectivity index (χ1n) is 10.8. The molecule has 1 saturated heterocycles. The summed E-state index contributed by atoms with van der Waals surface area (Å²) in [5.41, 5.74) is 9.72. The number of carbonyl (C=O) groups excluding carboxylic acids is 1. The molecular formula is C21H27N9O4. The molecule has 0 spiro atoms. The highest BCUT2D eigenvalue weighted by Gasteiger charge is 2.28. The van der Waals surface area contributed by atoms with Crippen LogP contribution in [0.1, 0.15) is 47.9 Å². The van der Waals surface area contributed by atoms with E-state index < -0.39 is 5.91 Å². The van der Waals surface area contributed by atoms with Gasteiger partial charge < -0.3 is 15.2 Å². The second kappa shape index (κ2) is 10.3. The molecule has 1 amide bonds. The van der Waals surface area contributed by atoms with Crippen molar-refractivity contribution in [2.45, 2.75) is 38.8 Å². The third-order valence-electron chi connectivity index (χ3n) is 5.76. The normalized spacial score (nSPS) is 16.6. The number of piperidine rings is 1. The third kappa shape index (κ3) is 4.83. The van der Waals surface area contributed by atoms with Crippen LogP contribution in [0.25, 0.3) is 5.82 Å². The van der Waals surface area contributed by atoms with Crippen molar-refractivity contribution in [2.24, 2.45) is 5.10 Å². The van der Waals surface area contributed by atoms with Gasteiger partial charge in [0.1, 0.15) is 0 Å². The van der Waals surface area contributed by atoms with Gasteiger partial charge in [0.05, 0.1) is 26.1 Å². The number of amides is 1. The summed E-state index contributed by atoms with van der Waals surface area (Å²) in [4.78, 5) is 15.2. The van der Waals surface area contributed by atoms with E-state index in [1.807, 2.05) is 0 Å². The number of aromatic nitrogens is 5. The average molecular weight is 470 g/mol. The Morgan fingerprint density at radius 1 is 1.29 bits per heavy atom. The summed E-state index contributed by atoms with van der Waals surface area (Å²) in [7, 11) is 3.11. The summed E-state index contributed by atoms with van der Waals surface area (Å²) in [5, 5.41) is 19.6. The smallest absolute Gasteiger partial charge is 0.293 e. The molecule has 1 aromatic carbocycles. The topological polar surface area (TPSA) is 159 Å². The fraction of sp³-hybridized carbons (Fsp3) is 0.429. The van der Waals surface area contributed by atoms with E-state index in [1.165, 1.54) is 17.3 Å². The predicted molar refractivity (Wildman–Crippen MR) is 122 cm³/mol. The molecule has 1 unspecified atom stereocenters. The van der Waals surface area contributed by atoms with Crippen molar-refractivity contribution < 1.29 is 18.9 Å². The Bertz CT molecular complexity index is 1170. The minimum atomic E-state index is -0.516. The van der Waals surface area contributed by atoms with Crippen LogP contribution >= 0.6 is 0 Å².